The van der Waals surface area contributed by atoms with Gasteiger partial charge in [-0.15, -0.1) is 0 Å². The van der Waals surface area contributed by atoms with E-state index < -0.39 is 10.9 Å². The maximum Gasteiger partial charge on any atom is 0.382 e. The molecule has 0 amide bonds. The predicted molar refractivity (Wildman–Crippen MR) is 47.0 cm³/mol. The van der Waals surface area contributed by atoms with Crippen molar-refractivity contribution in [2.45, 2.75) is 0 Å². The summed E-state index contributed by atoms with van der Waals surface area (Å²) in [4.78, 5) is 22.0. The number of aliphatic carboxylic acids is 1. The largest absolute Gasteiger partial charge is 0.472 e. The molecule has 2 N–H and O–H groups in total. The molecule has 1 heterocycles. The van der Waals surface area contributed by atoms with E-state index in [1.165, 1.54) is 0 Å². The molecule has 0 unspecified atom stereocenters. The highest BCUT2D eigenvalue weighted by atomic mass is 35.5. The molecular weight excluding hydrogens is 212 g/mol. The number of H-pyrrole nitrogens is 1. The first-order valence-electron chi connectivity index (χ1n) is 3.28. The van der Waals surface area contributed by atoms with Crippen LogP contribution in [0.1, 0.15) is 5.69 Å². The number of carbonyl (C=O) groups is 1. The number of hydrogen-bond acceptors (Lipinski definition) is 3. The van der Waals surface area contributed by atoms with Gasteiger partial charge in [-0.05, 0) is 5.92 Å². The molecule has 0 aromatic carbocycles. The normalized spacial score (nSPS) is 8.93. The molecule has 0 saturated heterocycles. The number of aromatic amines is 1. The van der Waals surface area contributed by atoms with Gasteiger partial charge in [-0.3, -0.25) is 10.1 Å². The number of carboxylic acids is 1. The van der Waals surface area contributed by atoms with Gasteiger partial charge >= 0.3 is 11.7 Å². The fraction of sp³-hybridized carbons (Fsp3) is 0. The number of nitro groups is 1. The van der Waals surface area contributed by atoms with Crippen LogP contribution in [0, 0.1) is 22.0 Å². The number of carboxylic acid groups (broad SMARTS) is 1. The predicted octanol–water partition coefficient (Wildman–Crippen LogP) is 1.01. The molecule has 0 fully saturated rings. The Labute approximate surface area is 82.6 Å². The Morgan fingerprint density at radius 1 is 1.71 bits per heavy atom. The molecule has 7 heteroatoms. The van der Waals surface area contributed by atoms with E-state index in [0.29, 0.717) is 0 Å². The highest BCUT2D eigenvalue weighted by molar-refractivity contribution is 6.31. The number of rotatable bonds is 1. The molecule has 1 rings (SSSR count). The molecule has 14 heavy (non-hydrogen) atoms. The van der Waals surface area contributed by atoms with Gasteiger partial charge in [-0.2, -0.15) is 0 Å². The molecule has 0 bridgehead atoms. The van der Waals surface area contributed by atoms with E-state index in [1.54, 1.807) is 5.92 Å². The Morgan fingerprint density at radius 3 is 2.79 bits per heavy atom. The SMILES string of the molecule is O=C(O)C#Cc1cc([N+](=O)[O-])c(Cl)[nH]1. The van der Waals surface area contributed by atoms with Crippen molar-refractivity contribution in [1.82, 2.24) is 4.98 Å². The van der Waals surface area contributed by atoms with E-state index in [2.05, 4.69) is 10.9 Å². The molecule has 0 spiro atoms. The van der Waals surface area contributed by atoms with Crippen molar-refractivity contribution in [3.05, 3.63) is 27.0 Å². The van der Waals surface area contributed by atoms with Crippen LogP contribution in [0.5, 0.6) is 0 Å². The lowest BCUT2D eigenvalue weighted by molar-refractivity contribution is -0.384. The van der Waals surface area contributed by atoms with Crippen LogP contribution in [0.4, 0.5) is 5.69 Å². The smallest absolute Gasteiger partial charge is 0.382 e. The molecule has 0 aliphatic rings. The van der Waals surface area contributed by atoms with Crippen LogP contribution in [-0.4, -0.2) is 21.0 Å². The monoisotopic (exact) mass is 214 g/mol. The summed E-state index contributed by atoms with van der Waals surface area (Å²) in [5.74, 6) is 2.64. The Kier molecular flexibility index (Phi) is 2.74. The van der Waals surface area contributed by atoms with E-state index in [9.17, 15) is 14.9 Å². The molecular formula is C7H3ClN2O4. The Hall–Kier alpha value is -2.00. The van der Waals surface area contributed by atoms with Crippen molar-refractivity contribution < 1.29 is 14.8 Å². The minimum Gasteiger partial charge on any atom is -0.472 e. The third kappa shape index (κ3) is 2.24. The summed E-state index contributed by atoms with van der Waals surface area (Å²) >= 11 is 5.44. The van der Waals surface area contributed by atoms with Gasteiger partial charge in [0.1, 0.15) is 0 Å². The Bertz CT molecular complexity index is 454. The molecule has 72 valence electrons. The van der Waals surface area contributed by atoms with Gasteiger partial charge < -0.3 is 10.1 Å². The third-order valence-corrected chi connectivity index (χ3v) is 1.54. The van der Waals surface area contributed by atoms with Gasteiger partial charge in [0.25, 0.3) is 0 Å². The van der Waals surface area contributed by atoms with Gasteiger partial charge in [0.2, 0.25) is 0 Å². The highest BCUT2D eigenvalue weighted by Gasteiger charge is 2.15. The maximum atomic E-state index is 10.3. The molecule has 0 aliphatic carbocycles. The molecule has 6 nitrogen and oxygen atoms in total. The number of nitrogens with zero attached hydrogens (tertiary/aromatic N) is 1. The molecule has 0 radical (unpaired) electrons. The minimum absolute atomic E-state index is 0.0871. The Morgan fingerprint density at radius 2 is 2.36 bits per heavy atom. The van der Waals surface area contributed by atoms with Crippen LogP contribution in [0.3, 0.4) is 0 Å². The second kappa shape index (κ2) is 3.81. The topological polar surface area (TPSA) is 96.2 Å². The number of halogens is 1. The summed E-state index contributed by atoms with van der Waals surface area (Å²) in [6.07, 6.45) is 0. The maximum absolute atomic E-state index is 10.3. The van der Waals surface area contributed by atoms with E-state index in [0.717, 1.165) is 6.07 Å². The Balaban J connectivity index is 3.05. The summed E-state index contributed by atoms with van der Waals surface area (Å²) in [5.41, 5.74) is -0.245. The fourth-order valence-corrected chi connectivity index (χ4v) is 0.965. The second-order valence-corrected chi connectivity index (χ2v) is 2.57. The summed E-state index contributed by atoms with van der Waals surface area (Å²) in [7, 11) is 0. The second-order valence-electron chi connectivity index (χ2n) is 2.19. The van der Waals surface area contributed by atoms with Gasteiger partial charge in [-0.1, -0.05) is 11.6 Å². The van der Waals surface area contributed by atoms with Gasteiger partial charge in [-0.25, -0.2) is 4.79 Å². The van der Waals surface area contributed by atoms with E-state index in [1.807, 2.05) is 0 Å². The molecule has 1 aromatic rings. The van der Waals surface area contributed by atoms with Crippen molar-refractivity contribution in [3.63, 3.8) is 0 Å². The first-order chi connectivity index (χ1) is 6.50. The highest BCUT2D eigenvalue weighted by Crippen LogP contribution is 2.23. The lowest BCUT2D eigenvalue weighted by Gasteiger charge is -1.82. The average Bonchev–Trinajstić information content (AvgIpc) is 2.43. The van der Waals surface area contributed by atoms with Crippen LogP contribution in [0.2, 0.25) is 5.15 Å². The van der Waals surface area contributed by atoms with Crippen molar-refractivity contribution >= 4 is 23.3 Å². The quantitative estimate of drug-likeness (QED) is 0.414. The molecule has 1 aromatic heterocycles. The average molecular weight is 215 g/mol. The summed E-state index contributed by atoms with van der Waals surface area (Å²) in [6, 6.07) is 1.07. The molecule has 0 atom stereocenters. The van der Waals surface area contributed by atoms with Crippen molar-refractivity contribution in [2.24, 2.45) is 0 Å². The third-order valence-electron chi connectivity index (χ3n) is 1.25. The summed E-state index contributed by atoms with van der Waals surface area (Å²) < 4.78 is 0. The van der Waals surface area contributed by atoms with Crippen LogP contribution in [0.25, 0.3) is 0 Å². The van der Waals surface area contributed by atoms with Crippen molar-refractivity contribution in [2.75, 3.05) is 0 Å². The van der Waals surface area contributed by atoms with Crippen LogP contribution in [0.15, 0.2) is 6.07 Å². The van der Waals surface area contributed by atoms with Gasteiger partial charge in [0, 0.05) is 5.92 Å². The van der Waals surface area contributed by atoms with Gasteiger partial charge in [0.05, 0.1) is 16.7 Å². The number of nitrogens with one attached hydrogen (secondary N) is 1. The van der Waals surface area contributed by atoms with Crippen molar-refractivity contribution in [3.8, 4) is 11.8 Å². The lowest BCUT2D eigenvalue weighted by atomic mass is 10.4. The summed E-state index contributed by atoms with van der Waals surface area (Å²) in [6.45, 7) is 0. The zero-order chi connectivity index (χ0) is 10.7. The zero-order valence-electron chi connectivity index (χ0n) is 6.57. The van der Waals surface area contributed by atoms with E-state index in [-0.39, 0.29) is 16.5 Å². The van der Waals surface area contributed by atoms with Crippen LogP contribution >= 0.6 is 11.6 Å². The van der Waals surface area contributed by atoms with Crippen molar-refractivity contribution in [1.29, 1.82) is 0 Å². The van der Waals surface area contributed by atoms with Crippen LogP contribution in [-0.2, 0) is 4.79 Å². The van der Waals surface area contributed by atoms with Crippen LogP contribution < -0.4 is 0 Å². The van der Waals surface area contributed by atoms with E-state index in [4.69, 9.17) is 16.7 Å². The van der Waals surface area contributed by atoms with Gasteiger partial charge in [0.15, 0.2) is 5.15 Å². The first-order valence-corrected chi connectivity index (χ1v) is 3.66. The molecule has 0 saturated carbocycles. The standard InChI is InChI=1S/C7H3ClN2O4/c8-7-5(10(13)14)3-4(9-7)1-2-6(11)12/h3,9H,(H,11,12). The summed E-state index contributed by atoms with van der Waals surface area (Å²) in [5, 5.41) is 18.3. The fourth-order valence-electron chi connectivity index (χ4n) is 0.739. The lowest BCUT2D eigenvalue weighted by Crippen LogP contribution is -1.87. The van der Waals surface area contributed by atoms with E-state index >= 15 is 0 Å². The zero-order valence-corrected chi connectivity index (χ0v) is 7.33. The number of hydrogen-bond donors (Lipinski definition) is 2. The number of aromatic nitrogens is 1. The minimum atomic E-state index is -1.32. The first kappa shape index (κ1) is 10.1. The molecule has 0 aliphatic heterocycles.